The molecule has 4 atom stereocenters. The molecule has 0 aliphatic carbocycles. The number of rotatable bonds is 8. The molecule has 9 nitrogen and oxygen atoms in total. The largest absolute Gasteiger partial charge is 0.368 e. The molecule has 210 valence electrons. The minimum Gasteiger partial charge on any atom is -0.368 e. The van der Waals surface area contributed by atoms with Crippen LogP contribution in [0, 0.1) is 11.7 Å². The lowest BCUT2D eigenvalue weighted by Gasteiger charge is -2.42. The number of nitrogens with zero attached hydrogens (tertiary/aromatic N) is 5. The number of hydrogen-bond donors (Lipinski definition) is 3. The highest BCUT2D eigenvalue weighted by Gasteiger charge is 2.33. The predicted octanol–water partition coefficient (Wildman–Crippen LogP) is 4.87. The molecule has 1 amide bonds. The number of carbonyl (C=O) groups excluding carboxylic acids is 1. The summed E-state index contributed by atoms with van der Waals surface area (Å²) in [4.78, 5) is 22.7. The molecule has 5 rings (SSSR count). The summed E-state index contributed by atoms with van der Waals surface area (Å²) in [6, 6.07) is 10.7. The van der Waals surface area contributed by atoms with Crippen molar-refractivity contribution in [2.45, 2.75) is 58.5 Å². The Balaban J connectivity index is 1.42. The van der Waals surface area contributed by atoms with Gasteiger partial charge in [0.05, 0.1) is 35.0 Å². The first-order valence-electron chi connectivity index (χ1n) is 13.9. The van der Waals surface area contributed by atoms with Crippen LogP contribution in [0.2, 0.25) is 0 Å². The second-order valence-electron chi connectivity index (χ2n) is 10.9. The van der Waals surface area contributed by atoms with Gasteiger partial charge in [-0.25, -0.2) is 9.37 Å². The van der Waals surface area contributed by atoms with Crippen LogP contribution in [0.1, 0.15) is 52.0 Å². The number of halogens is 1. The molecule has 4 N–H and O–H groups in total. The van der Waals surface area contributed by atoms with Crippen molar-refractivity contribution in [1.29, 1.82) is 0 Å². The summed E-state index contributed by atoms with van der Waals surface area (Å²) in [6.45, 7) is 9.15. The van der Waals surface area contributed by atoms with E-state index in [0.29, 0.717) is 36.2 Å². The maximum atomic E-state index is 15.2. The first kappa shape index (κ1) is 27.5. The van der Waals surface area contributed by atoms with Gasteiger partial charge < -0.3 is 21.3 Å². The molecule has 0 saturated carbocycles. The Hall–Kier alpha value is -4.05. The van der Waals surface area contributed by atoms with Gasteiger partial charge in [-0.05, 0) is 54.2 Å². The van der Waals surface area contributed by atoms with Gasteiger partial charge in [0, 0.05) is 43.9 Å². The van der Waals surface area contributed by atoms with E-state index in [9.17, 15) is 4.79 Å². The lowest BCUT2D eigenvalue weighted by molar-refractivity contribution is -0.120. The van der Waals surface area contributed by atoms with Crippen LogP contribution < -0.4 is 21.3 Å². The van der Waals surface area contributed by atoms with Crippen molar-refractivity contribution in [3.63, 3.8) is 0 Å². The third-order valence-corrected chi connectivity index (χ3v) is 7.71. The molecule has 3 aromatic heterocycles. The number of carbonyl (C=O) groups is 1. The Morgan fingerprint density at radius 1 is 1.20 bits per heavy atom. The highest BCUT2D eigenvalue weighted by Crippen LogP contribution is 2.32. The van der Waals surface area contributed by atoms with Gasteiger partial charge in [-0.2, -0.15) is 9.61 Å². The molecular formula is C30H37FN8O. The van der Waals surface area contributed by atoms with Crippen LogP contribution in [0.15, 0.2) is 55.0 Å². The minimum atomic E-state index is -0.287. The Morgan fingerprint density at radius 2 is 2.02 bits per heavy atom. The van der Waals surface area contributed by atoms with E-state index in [1.54, 1.807) is 29.2 Å². The average Bonchev–Trinajstić information content (AvgIpc) is 3.32. The summed E-state index contributed by atoms with van der Waals surface area (Å²) in [5, 5.41) is 11.1. The van der Waals surface area contributed by atoms with Crippen LogP contribution in [-0.4, -0.2) is 50.7 Å². The van der Waals surface area contributed by atoms with E-state index in [0.717, 1.165) is 35.3 Å². The number of benzene rings is 1. The molecule has 1 fully saturated rings. The van der Waals surface area contributed by atoms with Crippen LogP contribution in [0.3, 0.4) is 0 Å². The van der Waals surface area contributed by atoms with Gasteiger partial charge in [0.25, 0.3) is 0 Å². The van der Waals surface area contributed by atoms with E-state index in [1.165, 1.54) is 6.92 Å². The van der Waals surface area contributed by atoms with Crippen LogP contribution in [-0.2, 0) is 4.79 Å². The van der Waals surface area contributed by atoms with E-state index in [4.69, 9.17) is 10.8 Å². The van der Waals surface area contributed by atoms with Crippen molar-refractivity contribution in [3.05, 3.63) is 66.4 Å². The van der Waals surface area contributed by atoms with Crippen molar-refractivity contribution in [2.24, 2.45) is 11.7 Å². The second kappa shape index (κ2) is 11.6. The maximum absolute atomic E-state index is 15.2. The standard InChI is InChI=1S/C30H37FN8O/c1-5-6-18(2)21-7-9-23(24(31)13-21)26-10-8-22-14-34-30(39(22)37-26)36-27-15-33-12-11-28(27)38-16-19(3)29(25(32)17-38)35-20(4)40/h7-15,18-19,25,29H,5-6,16-17,32H2,1-4H3,(H,34,36)(H,35,40). The number of nitrogens with one attached hydrogen (secondary N) is 2. The van der Waals surface area contributed by atoms with Gasteiger partial charge in [0.15, 0.2) is 0 Å². The lowest BCUT2D eigenvalue weighted by Crippen LogP contribution is -2.61. The molecule has 0 bridgehead atoms. The number of nitrogens with two attached hydrogens (primary N) is 1. The average molecular weight is 545 g/mol. The normalized spacial score (nSPS) is 19.9. The summed E-state index contributed by atoms with van der Waals surface area (Å²) in [5.74, 6) is 0.578. The quantitative estimate of drug-likeness (QED) is 0.290. The number of imidazole rings is 1. The fourth-order valence-electron chi connectivity index (χ4n) is 5.64. The maximum Gasteiger partial charge on any atom is 0.229 e. The molecular weight excluding hydrogens is 507 g/mol. The zero-order chi connectivity index (χ0) is 28.4. The monoisotopic (exact) mass is 544 g/mol. The molecule has 10 heteroatoms. The zero-order valence-electron chi connectivity index (χ0n) is 23.4. The number of amides is 1. The van der Waals surface area contributed by atoms with E-state index in [-0.39, 0.29) is 29.7 Å². The van der Waals surface area contributed by atoms with Gasteiger partial charge in [0.2, 0.25) is 11.9 Å². The second-order valence-corrected chi connectivity index (χ2v) is 10.9. The molecule has 1 aliphatic heterocycles. The molecule has 1 aromatic carbocycles. The summed E-state index contributed by atoms with van der Waals surface area (Å²) in [5.41, 5.74) is 10.9. The Kier molecular flexibility index (Phi) is 7.97. The Labute approximate surface area is 234 Å². The number of piperidine rings is 1. The van der Waals surface area contributed by atoms with Gasteiger partial charge in [-0.3, -0.25) is 9.78 Å². The number of pyridine rings is 1. The summed E-state index contributed by atoms with van der Waals surface area (Å²) < 4.78 is 16.9. The smallest absolute Gasteiger partial charge is 0.229 e. The first-order chi connectivity index (χ1) is 19.2. The molecule has 4 unspecified atom stereocenters. The third-order valence-electron chi connectivity index (χ3n) is 7.71. The van der Waals surface area contributed by atoms with Gasteiger partial charge in [0.1, 0.15) is 5.82 Å². The third kappa shape index (κ3) is 5.62. The summed E-state index contributed by atoms with van der Waals surface area (Å²) >= 11 is 0. The molecule has 40 heavy (non-hydrogen) atoms. The SMILES string of the molecule is CCCC(C)c1ccc(-c2ccc3cnc(Nc4cnccc4N4CC(C)C(NC(C)=O)C(N)C4)n3n2)c(F)c1. The first-order valence-corrected chi connectivity index (χ1v) is 13.9. The molecule has 4 heterocycles. The van der Waals surface area contributed by atoms with E-state index >= 15 is 4.39 Å². The highest BCUT2D eigenvalue weighted by atomic mass is 19.1. The summed E-state index contributed by atoms with van der Waals surface area (Å²) in [6.07, 6.45) is 7.27. The van der Waals surface area contributed by atoms with Gasteiger partial charge >= 0.3 is 0 Å². The van der Waals surface area contributed by atoms with Gasteiger partial charge in [-0.1, -0.05) is 33.3 Å². The summed E-state index contributed by atoms with van der Waals surface area (Å²) in [7, 11) is 0. The van der Waals surface area contributed by atoms with Crippen LogP contribution in [0.25, 0.3) is 16.8 Å². The topological polar surface area (TPSA) is 113 Å². The fraction of sp³-hybridized carbons (Fsp3) is 0.400. The molecule has 4 aromatic rings. The van der Waals surface area contributed by atoms with Crippen LogP contribution in [0.4, 0.5) is 21.7 Å². The molecule has 0 radical (unpaired) electrons. The zero-order valence-corrected chi connectivity index (χ0v) is 23.4. The highest BCUT2D eigenvalue weighted by molar-refractivity contribution is 5.75. The van der Waals surface area contributed by atoms with Crippen molar-refractivity contribution in [3.8, 4) is 11.3 Å². The Bertz CT molecular complexity index is 1490. The van der Waals surface area contributed by atoms with Crippen molar-refractivity contribution in [1.82, 2.24) is 24.9 Å². The van der Waals surface area contributed by atoms with E-state index in [2.05, 4.69) is 46.3 Å². The van der Waals surface area contributed by atoms with Crippen LogP contribution in [0.5, 0.6) is 0 Å². The predicted molar refractivity (Wildman–Crippen MR) is 156 cm³/mol. The van der Waals surface area contributed by atoms with E-state index in [1.807, 2.05) is 30.3 Å². The fourth-order valence-corrected chi connectivity index (χ4v) is 5.64. The number of hydrogen-bond acceptors (Lipinski definition) is 7. The number of anilines is 3. The van der Waals surface area contributed by atoms with Gasteiger partial charge in [-0.15, -0.1) is 0 Å². The van der Waals surface area contributed by atoms with E-state index < -0.39 is 0 Å². The molecule has 1 saturated heterocycles. The van der Waals surface area contributed by atoms with Crippen LogP contribution >= 0.6 is 0 Å². The molecule has 1 aliphatic rings. The lowest BCUT2D eigenvalue weighted by atomic mass is 9.89. The minimum absolute atomic E-state index is 0.0769. The number of aromatic nitrogens is 4. The van der Waals surface area contributed by atoms with Crippen molar-refractivity contribution in [2.75, 3.05) is 23.3 Å². The molecule has 0 spiro atoms. The Morgan fingerprint density at radius 3 is 2.75 bits per heavy atom. The number of fused-ring (bicyclic) bond motifs is 1. The van der Waals surface area contributed by atoms with Crippen molar-refractivity contribution >= 4 is 28.7 Å². The van der Waals surface area contributed by atoms with Crippen molar-refractivity contribution < 1.29 is 9.18 Å².